The van der Waals surface area contributed by atoms with Gasteiger partial charge in [-0.1, -0.05) is 140 Å². The van der Waals surface area contributed by atoms with Crippen molar-refractivity contribution in [2.24, 2.45) is 0 Å². The second-order valence-corrected chi connectivity index (χ2v) is 13.1. The molecule has 0 spiro atoms. The van der Waals surface area contributed by atoms with E-state index in [9.17, 15) is 0 Å². The maximum Gasteiger partial charge on any atom is 0.165 e. The molecule has 7 aromatic carbocycles. The first-order valence-corrected chi connectivity index (χ1v) is 17.4. The Morgan fingerprint density at radius 2 is 1.10 bits per heavy atom. The van der Waals surface area contributed by atoms with Crippen molar-refractivity contribution < 1.29 is 4.42 Å². The van der Waals surface area contributed by atoms with Crippen molar-refractivity contribution in [3.8, 4) is 56.4 Å². The maximum atomic E-state index is 6.48. The molecule has 0 radical (unpaired) electrons. The van der Waals surface area contributed by atoms with E-state index in [-0.39, 0.29) is 0 Å². The summed E-state index contributed by atoms with van der Waals surface area (Å²) >= 11 is 0. The number of hydrogen-bond donors (Lipinski definition) is 0. The molecular formula is C47H31N3O. The molecule has 2 aromatic heterocycles. The van der Waals surface area contributed by atoms with Crippen molar-refractivity contribution in [3.63, 3.8) is 0 Å². The van der Waals surface area contributed by atoms with E-state index in [1.807, 2.05) is 24.3 Å². The summed E-state index contributed by atoms with van der Waals surface area (Å²) < 4.78 is 6.48. The Kier molecular flexibility index (Phi) is 6.91. The van der Waals surface area contributed by atoms with Crippen LogP contribution in [0.4, 0.5) is 0 Å². The Morgan fingerprint density at radius 3 is 1.92 bits per heavy atom. The number of allylic oxidation sites excluding steroid dienone is 1. The van der Waals surface area contributed by atoms with Crippen LogP contribution in [0.15, 0.2) is 162 Å². The Hall–Kier alpha value is -6.65. The van der Waals surface area contributed by atoms with Crippen LogP contribution in [0.3, 0.4) is 0 Å². The average molecular weight is 654 g/mol. The van der Waals surface area contributed by atoms with Crippen LogP contribution in [0.1, 0.15) is 17.7 Å². The minimum atomic E-state index is 0.628. The van der Waals surface area contributed by atoms with Gasteiger partial charge in [-0.15, -0.1) is 0 Å². The van der Waals surface area contributed by atoms with Crippen molar-refractivity contribution in [3.05, 3.63) is 169 Å². The molecule has 0 saturated heterocycles. The number of furan rings is 1. The van der Waals surface area contributed by atoms with Gasteiger partial charge in [0.1, 0.15) is 11.3 Å². The molecule has 0 fully saturated rings. The molecule has 1 aliphatic rings. The van der Waals surface area contributed by atoms with Crippen LogP contribution >= 0.6 is 0 Å². The molecule has 0 bridgehead atoms. The summed E-state index contributed by atoms with van der Waals surface area (Å²) in [6.45, 7) is 0. The van der Waals surface area contributed by atoms with Crippen LogP contribution in [0.2, 0.25) is 0 Å². The molecule has 0 aliphatic heterocycles. The van der Waals surface area contributed by atoms with Crippen LogP contribution in [0.25, 0.3) is 95.0 Å². The Morgan fingerprint density at radius 1 is 0.471 bits per heavy atom. The Labute approximate surface area is 295 Å². The molecule has 4 heteroatoms. The lowest BCUT2D eigenvalue weighted by molar-refractivity contribution is 0.595. The normalized spacial score (nSPS) is 12.5. The third-order valence-electron chi connectivity index (χ3n) is 10.0. The fourth-order valence-electron chi connectivity index (χ4n) is 7.50. The zero-order valence-electron chi connectivity index (χ0n) is 27.8. The van der Waals surface area contributed by atoms with E-state index in [0.29, 0.717) is 17.5 Å². The molecular weight excluding hydrogens is 623 g/mol. The predicted molar refractivity (Wildman–Crippen MR) is 209 cm³/mol. The average Bonchev–Trinajstić information content (AvgIpc) is 3.59. The molecule has 9 aromatic rings. The van der Waals surface area contributed by atoms with Crippen molar-refractivity contribution in [2.45, 2.75) is 12.8 Å². The second kappa shape index (κ2) is 12.0. The fourth-order valence-corrected chi connectivity index (χ4v) is 7.50. The molecule has 0 amide bonds. The Balaban J connectivity index is 1.22. The van der Waals surface area contributed by atoms with E-state index in [2.05, 4.69) is 140 Å². The highest BCUT2D eigenvalue weighted by Crippen LogP contribution is 2.43. The third kappa shape index (κ3) is 5.12. The first-order valence-electron chi connectivity index (χ1n) is 17.4. The van der Waals surface area contributed by atoms with Gasteiger partial charge in [0.15, 0.2) is 17.5 Å². The molecule has 51 heavy (non-hydrogen) atoms. The van der Waals surface area contributed by atoms with Gasteiger partial charge in [0.05, 0.1) is 0 Å². The first-order chi connectivity index (χ1) is 25.3. The molecule has 0 saturated carbocycles. The lowest BCUT2D eigenvalue weighted by Crippen LogP contribution is -2.02. The van der Waals surface area contributed by atoms with E-state index in [1.165, 1.54) is 32.8 Å². The smallest absolute Gasteiger partial charge is 0.165 e. The molecule has 10 rings (SSSR count). The summed E-state index contributed by atoms with van der Waals surface area (Å²) in [6.07, 6.45) is 6.14. The summed E-state index contributed by atoms with van der Waals surface area (Å²) in [5, 5.41) is 5.88. The molecule has 1 aliphatic carbocycles. The van der Waals surface area contributed by atoms with Gasteiger partial charge in [-0.3, -0.25) is 0 Å². The standard InChI is InChI=1S/C47H31N3O/c1-3-11-30(12-4-1)31-19-21-33(22-20-31)39-27-28-42-43(40-17-9-10-18-41(40)51-42)44(39)47-49-45(34-14-5-2-6-15-34)48-46(50-47)36-25-26-38-35(29-36)24-23-32-13-7-8-16-37(32)38/h1-8,10-16,18-29H,9,17H2. The molecule has 2 heterocycles. The summed E-state index contributed by atoms with van der Waals surface area (Å²) in [5.41, 5.74) is 9.39. The highest BCUT2D eigenvalue weighted by atomic mass is 16.3. The van der Waals surface area contributed by atoms with E-state index < -0.39 is 0 Å². The maximum absolute atomic E-state index is 6.48. The molecule has 240 valence electrons. The number of aryl methyl sites for hydroxylation is 1. The number of rotatable bonds is 5. The van der Waals surface area contributed by atoms with E-state index >= 15 is 0 Å². The highest BCUT2D eigenvalue weighted by molar-refractivity contribution is 6.08. The number of fused-ring (bicyclic) bond motifs is 6. The molecule has 0 N–H and O–H groups in total. The first kappa shape index (κ1) is 29.3. The van der Waals surface area contributed by atoms with E-state index in [0.717, 1.165) is 62.8 Å². The van der Waals surface area contributed by atoms with Crippen LogP contribution in [0, 0.1) is 0 Å². The second-order valence-electron chi connectivity index (χ2n) is 13.1. The topological polar surface area (TPSA) is 51.8 Å². The van der Waals surface area contributed by atoms with Gasteiger partial charge < -0.3 is 4.42 Å². The molecule has 4 nitrogen and oxygen atoms in total. The van der Waals surface area contributed by atoms with Crippen molar-refractivity contribution in [2.75, 3.05) is 0 Å². The van der Waals surface area contributed by atoms with Gasteiger partial charge >= 0.3 is 0 Å². The monoisotopic (exact) mass is 653 g/mol. The van der Waals surface area contributed by atoms with E-state index in [4.69, 9.17) is 19.4 Å². The fraction of sp³-hybridized carbons (Fsp3) is 0.0426. The van der Waals surface area contributed by atoms with E-state index in [1.54, 1.807) is 0 Å². The summed E-state index contributed by atoms with van der Waals surface area (Å²) in [4.78, 5) is 15.7. The zero-order chi connectivity index (χ0) is 33.7. The highest BCUT2D eigenvalue weighted by Gasteiger charge is 2.25. The zero-order valence-corrected chi connectivity index (χ0v) is 27.8. The van der Waals surface area contributed by atoms with Crippen LogP contribution in [-0.4, -0.2) is 15.0 Å². The van der Waals surface area contributed by atoms with Gasteiger partial charge in [0.2, 0.25) is 0 Å². The third-order valence-corrected chi connectivity index (χ3v) is 10.0. The van der Waals surface area contributed by atoms with Crippen molar-refractivity contribution in [1.29, 1.82) is 0 Å². The van der Waals surface area contributed by atoms with Crippen LogP contribution in [-0.2, 0) is 6.42 Å². The summed E-state index contributed by atoms with van der Waals surface area (Å²) in [7, 11) is 0. The van der Waals surface area contributed by atoms with Gasteiger partial charge in [-0.2, -0.15) is 0 Å². The molecule has 0 atom stereocenters. The van der Waals surface area contributed by atoms with Gasteiger partial charge in [0.25, 0.3) is 0 Å². The molecule has 0 unspecified atom stereocenters. The van der Waals surface area contributed by atoms with Crippen molar-refractivity contribution >= 4 is 38.6 Å². The minimum absolute atomic E-state index is 0.628. The van der Waals surface area contributed by atoms with Crippen LogP contribution in [0.5, 0.6) is 0 Å². The van der Waals surface area contributed by atoms with Crippen LogP contribution < -0.4 is 0 Å². The SMILES string of the molecule is C1=Cc2oc3ccc(-c4ccc(-c5ccccc5)cc4)c(-c4nc(-c5ccccc5)nc(-c5ccc6c(ccc7ccccc76)c5)n4)c3c2CC1. The number of hydrogen-bond acceptors (Lipinski definition) is 4. The Bertz CT molecular complexity index is 2780. The summed E-state index contributed by atoms with van der Waals surface area (Å²) in [5.74, 6) is 2.80. The predicted octanol–water partition coefficient (Wildman–Crippen LogP) is 12.2. The summed E-state index contributed by atoms with van der Waals surface area (Å²) in [6, 6.07) is 53.1. The lowest BCUT2D eigenvalue weighted by atomic mass is 9.91. The quantitative estimate of drug-likeness (QED) is 0.173. The van der Waals surface area contributed by atoms with Gasteiger partial charge in [0, 0.05) is 27.6 Å². The van der Waals surface area contributed by atoms with Crippen molar-refractivity contribution in [1.82, 2.24) is 15.0 Å². The minimum Gasteiger partial charge on any atom is -0.456 e. The van der Waals surface area contributed by atoms with Gasteiger partial charge in [-0.05, 0) is 80.9 Å². The number of nitrogens with zero attached hydrogens (tertiary/aromatic N) is 3. The number of benzene rings is 7. The lowest BCUT2D eigenvalue weighted by Gasteiger charge is -2.15. The number of aromatic nitrogens is 3. The van der Waals surface area contributed by atoms with Gasteiger partial charge in [-0.25, -0.2) is 15.0 Å². The largest absolute Gasteiger partial charge is 0.456 e.